The molecular weight excluding hydrogens is 401 g/mol. The molecule has 3 aromatic rings. The van der Waals surface area contributed by atoms with E-state index in [1.807, 2.05) is 6.07 Å². The second kappa shape index (κ2) is 8.75. The number of nitrogens with zero attached hydrogens (tertiary/aromatic N) is 3. The fraction of sp³-hybridized carbons (Fsp3) is 0.348. The van der Waals surface area contributed by atoms with Crippen LogP contribution in [0, 0.1) is 11.7 Å². The topological polar surface area (TPSA) is 73.8 Å². The predicted molar refractivity (Wildman–Crippen MR) is 115 cm³/mol. The van der Waals surface area contributed by atoms with Gasteiger partial charge in [0, 0.05) is 24.6 Å². The summed E-state index contributed by atoms with van der Waals surface area (Å²) >= 11 is 0. The van der Waals surface area contributed by atoms with Crippen LogP contribution in [0.25, 0.3) is 10.9 Å². The van der Waals surface area contributed by atoms with E-state index in [0.29, 0.717) is 54.3 Å². The number of methoxy groups -OCH3 is 3. The fourth-order valence-electron chi connectivity index (χ4n) is 4.11. The average Bonchev–Trinajstić information content (AvgIpc) is 2.82. The Morgan fingerprint density at radius 2 is 1.68 bits per heavy atom. The highest BCUT2D eigenvalue weighted by molar-refractivity contribution is 5.99. The first kappa shape index (κ1) is 20.8. The summed E-state index contributed by atoms with van der Waals surface area (Å²) in [4.78, 5) is 23.8. The Balaban J connectivity index is 1.60. The number of ether oxygens (including phenoxy) is 3. The highest BCUT2D eigenvalue weighted by Gasteiger charge is 2.28. The molecule has 0 atom stereocenters. The molecule has 1 aliphatic rings. The van der Waals surface area contributed by atoms with Gasteiger partial charge in [-0.1, -0.05) is 0 Å². The second-order valence-electron chi connectivity index (χ2n) is 7.37. The predicted octanol–water partition coefficient (Wildman–Crippen LogP) is 3.89. The first-order chi connectivity index (χ1) is 15.1. The number of ketones is 1. The second-order valence-corrected chi connectivity index (χ2v) is 7.37. The van der Waals surface area contributed by atoms with Gasteiger partial charge in [0.1, 0.15) is 23.5 Å². The van der Waals surface area contributed by atoms with Crippen LogP contribution in [0.1, 0.15) is 23.2 Å². The van der Waals surface area contributed by atoms with Crippen LogP contribution in [0.3, 0.4) is 0 Å². The molecule has 2 heterocycles. The largest absolute Gasteiger partial charge is 0.493 e. The molecule has 31 heavy (non-hydrogen) atoms. The Hall–Kier alpha value is -3.42. The lowest BCUT2D eigenvalue weighted by molar-refractivity contribution is 0.0900. The SMILES string of the molecule is COc1cc2c(N3CCC(C(=O)c4ccc(F)cc4)CC3)ncnc2c(OC)c1OC. The van der Waals surface area contributed by atoms with Crippen LogP contribution < -0.4 is 19.1 Å². The third kappa shape index (κ3) is 3.85. The van der Waals surface area contributed by atoms with Gasteiger partial charge in [-0.15, -0.1) is 0 Å². The molecule has 4 rings (SSSR count). The van der Waals surface area contributed by atoms with E-state index in [1.165, 1.54) is 18.5 Å². The average molecular weight is 425 g/mol. The number of aromatic nitrogens is 2. The molecule has 0 radical (unpaired) electrons. The van der Waals surface area contributed by atoms with Crippen LogP contribution >= 0.6 is 0 Å². The van der Waals surface area contributed by atoms with Gasteiger partial charge in [-0.05, 0) is 43.2 Å². The zero-order valence-electron chi connectivity index (χ0n) is 17.7. The molecule has 1 aromatic heterocycles. The summed E-state index contributed by atoms with van der Waals surface area (Å²) in [6, 6.07) is 7.60. The highest BCUT2D eigenvalue weighted by atomic mass is 19.1. The van der Waals surface area contributed by atoms with Crippen molar-refractivity contribution in [2.75, 3.05) is 39.3 Å². The number of anilines is 1. The summed E-state index contributed by atoms with van der Waals surface area (Å²) < 4.78 is 29.7. The van der Waals surface area contributed by atoms with Gasteiger partial charge < -0.3 is 19.1 Å². The van der Waals surface area contributed by atoms with Gasteiger partial charge in [0.2, 0.25) is 5.75 Å². The number of benzene rings is 2. The number of halogens is 1. The Morgan fingerprint density at radius 1 is 1.00 bits per heavy atom. The quantitative estimate of drug-likeness (QED) is 0.555. The van der Waals surface area contributed by atoms with Crippen LogP contribution in [-0.4, -0.2) is 50.2 Å². The van der Waals surface area contributed by atoms with E-state index in [0.717, 1.165) is 11.2 Å². The van der Waals surface area contributed by atoms with Gasteiger partial charge in [0.15, 0.2) is 17.3 Å². The first-order valence-corrected chi connectivity index (χ1v) is 10.1. The number of carbonyl (C=O) groups is 1. The summed E-state index contributed by atoms with van der Waals surface area (Å²) in [7, 11) is 4.68. The highest BCUT2D eigenvalue weighted by Crippen LogP contribution is 2.44. The molecule has 0 bridgehead atoms. The summed E-state index contributed by atoms with van der Waals surface area (Å²) in [5.41, 5.74) is 1.18. The lowest BCUT2D eigenvalue weighted by Crippen LogP contribution is -2.37. The number of hydrogen-bond acceptors (Lipinski definition) is 7. The fourth-order valence-corrected chi connectivity index (χ4v) is 4.11. The molecule has 0 saturated carbocycles. The van der Waals surface area contributed by atoms with Crippen molar-refractivity contribution in [3.8, 4) is 17.2 Å². The maximum Gasteiger partial charge on any atom is 0.205 e. The zero-order chi connectivity index (χ0) is 22.0. The summed E-state index contributed by atoms with van der Waals surface area (Å²) in [5, 5.41) is 0.792. The maximum atomic E-state index is 13.2. The Labute approximate surface area is 179 Å². The van der Waals surface area contributed by atoms with Gasteiger partial charge >= 0.3 is 0 Å². The van der Waals surface area contributed by atoms with E-state index in [-0.39, 0.29) is 17.5 Å². The van der Waals surface area contributed by atoms with Crippen molar-refractivity contribution < 1.29 is 23.4 Å². The molecule has 0 amide bonds. The van der Waals surface area contributed by atoms with Crippen LogP contribution in [0.2, 0.25) is 0 Å². The van der Waals surface area contributed by atoms with E-state index in [2.05, 4.69) is 14.9 Å². The van der Waals surface area contributed by atoms with E-state index < -0.39 is 0 Å². The molecule has 2 aromatic carbocycles. The molecule has 1 aliphatic heterocycles. The van der Waals surface area contributed by atoms with Crippen molar-refractivity contribution in [3.63, 3.8) is 0 Å². The molecule has 0 unspecified atom stereocenters. The molecule has 7 nitrogen and oxygen atoms in total. The van der Waals surface area contributed by atoms with Crippen molar-refractivity contribution in [1.82, 2.24) is 9.97 Å². The standard InChI is InChI=1S/C23H24FN3O4/c1-29-18-12-17-19(22(31-3)21(18)30-2)25-13-26-23(17)27-10-8-15(9-11-27)20(28)14-4-6-16(24)7-5-14/h4-7,12-13,15H,8-11H2,1-3H3. The molecular formula is C23H24FN3O4. The van der Waals surface area contributed by atoms with Gasteiger partial charge in [-0.25, -0.2) is 14.4 Å². The molecule has 1 fully saturated rings. The van der Waals surface area contributed by atoms with Crippen molar-refractivity contribution in [1.29, 1.82) is 0 Å². The lowest BCUT2D eigenvalue weighted by atomic mass is 9.89. The Bertz CT molecular complexity index is 1100. The van der Waals surface area contributed by atoms with E-state index >= 15 is 0 Å². The summed E-state index contributed by atoms with van der Waals surface area (Å²) in [6.07, 6.45) is 2.88. The third-order valence-electron chi connectivity index (χ3n) is 5.71. The molecule has 1 saturated heterocycles. The first-order valence-electron chi connectivity index (χ1n) is 10.1. The Kier molecular flexibility index (Phi) is 5.88. The minimum absolute atomic E-state index is 0.0558. The smallest absolute Gasteiger partial charge is 0.205 e. The van der Waals surface area contributed by atoms with Crippen LogP contribution in [-0.2, 0) is 0 Å². The summed E-state index contributed by atoms with van der Waals surface area (Å²) in [5.74, 6) is 1.87. The van der Waals surface area contributed by atoms with Crippen LogP contribution in [0.5, 0.6) is 17.2 Å². The molecule has 162 valence electrons. The van der Waals surface area contributed by atoms with Crippen molar-refractivity contribution in [2.24, 2.45) is 5.92 Å². The minimum atomic E-state index is -0.343. The lowest BCUT2D eigenvalue weighted by Gasteiger charge is -2.32. The minimum Gasteiger partial charge on any atom is -0.493 e. The third-order valence-corrected chi connectivity index (χ3v) is 5.71. The van der Waals surface area contributed by atoms with Crippen molar-refractivity contribution in [2.45, 2.75) is 12.8 Å². The van der Waals surface area contributed by atoms with E-state index in [4.69, 9.17) is 14.2 Å². The zero-order valence-corrected chi connectivity index (χ0v) is 17.7. The normalized spacial score (nSPS) is 14.5. The Morgan fingerprint density at radius 3 is 2.29 bits per heavy atom. The van der Waals surface area contributed by atoms with Gasteiger partial charge in [-0.3, -0.25) is 4.79 Å². The molecule has 0 spiro atoms. The molecule has 0 N–H and O–H groups in total. The van der Waals surface area contributed by atoms with Crippen molar-refractivity contribution in [3.05, 3.63) is 48.0 Å². The van der Waals surface area contributed by atoms with Gasteiger partial charge in [-0.2, -0.15) is 0 Å². The van der Waals surface area contributed by atoms with Gasteiger partial charge in [0.25, 0.3) is 0 Å². The number of carbonyl (C=O) groups excluding carboxylic acids is 1. The summed E-state index contributed by atoms with van der Waals surface area (Å²) in [6.45, 7) is 1.33. The molecule has 8 heteroatoms. The monoisotopic (exact) mass is 425 g/mol. The van der Waals surface area contributed by atoms with Crippen LogP contribution in [0.4, 0.5) is 10.2 Å². The van der Waals surface area contributed by atoms with E-state index in [9.17, 15) is 9.18 Å². The van der Waals surface area contributed by atoms with Gasteiger partial charge in [0.05, 0.1) is 26.7 Å². The number of hydrogen-bond donors (Lipinski definition) is 0. The number of Topliss-reactive ketones (excluding diaryl/α,β-unsaturated/α-hetero) is 1. The van der Waals surface area contributed by atoms with Crippen molar-refractivity contribution >= 4 is 22.5 Å². The number of rotatable bonds is 6. The van der Waals surface area contributed by atoms with Crippen LogP contribution in [0.15, 0.2) is 36.7 Å². The van der Waals surface area contributed by atoms with E-state index in [1.54, 1.807) is 33.5 Å². The number of piperidine rings is 1. The number of fused-ring (bicyclic) bond motifs is 1. The maximum absolute atomic E-state index is 13.2. The molecule has 0 aliphatic carbocycles.